The smallest absolute Gasteiger partial charge is 0.175 e. The zero-order valence-electron chi connectivity index (χ0n) is 10.8. The van der Waals surface area contributed by atoms with Crippen molar-refractivity contribution in [3.05, 3.63) is 0 Å². The third-order valence-corrected chi connectivity index (χ3v) is 7.36. The van der Waals surface area contributed by atoms with Crippen LogP contribution in [-0.4, -0.2) is 26.5 Å². The molecule has 104 valence electrons. The van der Waals surface area contributed by atoms with E-state index in [2.05, 4.69) is 10.2 Å². The van der Waals surface area contributed by atoms with E-state index in [0.29, 0.717) is 11.0 Å². The van der Waals surface area contributed by atoms with Crippen molar-refractivity contribution in [1.29, 1.82) is 0 Å². The van der Waals surface area contributed by atoms with Gasteiger partial charge >= 0.3 is 0 Å². The molecule has 19 heavy (non-hydrogen) atoms. The minimum atomic E-state index is 0.411. The normalized spacial score (nSPS) is 25.1. The maximum absolute atomic E-state index is 11.4. The Hall–Kier alpha value is -0.0700. The average Bonchev–Trinajstić information content (AvgIpc) is 3.02. The first-order chi connectivity index (χ1) is 9.29. The number of Topliss-reactive ketones (excluding diaryl/α,β-unsaturated/α-hetero) is 1. The van der Waals surface area contributed by atoms with Crippen molar-refractivity contribution in [2.75, 3.05) is 0 Å². The van der Waals surface area contributed by atoms with Gasteiger partial charge in [-0.1, -0.05) is 47.7 Å². The summed E-state index contributed by atoms with van der Waals surface area (Å²) in [6.45, 7) is 0. The van der Waals surface area contributed by atoms with Gasteiger partial charge in [0.2, 0.25) is 0 Å². The van der Waals surface area contributed by atoms with Crippen LogP contribution < -0.4 is 0 Å². The van der Waals surface area contributed by atoms with Crippen molar-refractivity contribution < 1.29 is 4.79 Å². The van der Waals surface area contributed by atoms with E-state index in [1.807, 2.05) is 11.8 Å². The number of carbonyl (C=O) groups is 1. The number of hydrogen-bond donors (Lipinski definition) is 0. The van der Waals surface area contributed by atoms with Crippen LogP contribution in [0.5, 0.6) is 0 Å². The molecule has 2 aliphatic rings. The van der Waals surface area contributed by atoms with E-state index in [1.54, 1.807) is 23.1 Å². The molecule has 0 saturated heterocycles. The van der Waals surface area contributed by atoms with Gasteiger partial charge in [0, 0.05) is 23.3 Å². The third-order valence-electron chi connectivity index (χ3n) is 3.66. The Morgan fingerprint density at radius 3 is 2.26 bits per heavy atom. The van der Waals surface area contributed by atoms with Crippen LogP contribution in [0.15, 0.2) is 8.68 Å². The van der Waals surface area contributed by atoms with E-state index >= 15 is 0 Å². The zero-order chi connectivity index (χ0) is 13.1. The number of carbonyl (C=O) groups excluding carboxylic acids is 1. The highest BCUT2D eigenvalue weighted by Gasteiger charge is 2.23. The van der Waals surface area contributed by atoms with Gasteiger partial charge in [-0.15, -0.1) is 10.2 Å². The fraction of sp³-hybridized carbons (Fsp3) is 0.769. The van der Waals surface area contributed by atoms with Crippen molar-refractivity contribution >= 4 is 40.6 Å². The molecule has 1 aromatic heterocycles. The van der Waals surface area contributed by atoms with Crippen LogP contribution in [0.1, 0.15) is 51.4 Å². The van der Waals surface area contributed by atoms with Crippen LogP contribution in [-0.2, 0) is 4.79 Å². The number of thioether (sulfide) groups is 2. The molecular formula is C13H18N2OS3. The van der Waals surface area contributed by atoms with E-state index in [4.69, 9.17) is 0 Å². The van der Waals surface area contributed by atoms with Crippen molar-refractivity contribution in [1.82, 2.24) is 10.2 Å². The van der Waals surface area contributed by atoms with Crippen molar-refractivity contribution in [2.24, 2.45) is 0 Å². The molecule has 3 rings (SSSR count). The number of rotatable bonds is 4. The summed E-state index contributed by atoms with van der Waals surface area (Å²) in [5.74, 6) is 0.411. The minimum Gasteiger partial charge on any atom is -0.300 e. The number of hydrogen-bond acceptors (Lipinski definition) is 6. The lowest BCUT2D eigenvalue weighted by Gasteiger charge is -2.18. The lowest BCUT2D eigenvalue weighted by atomic mass is 9.99. The van der Waals surface area contributed by atoms with Crippen LogP contribution in [0.4, 0.5) is 0 Å². The molecule has 0 radical (unpaired) electrons. The summed E-state index contributed by atoms with van der Waals surface area (Å²) in [4.78, 5) is 11.4. The van der Waals surface area contributed by atoms with Crippen LogP contribution >= 0.6 is 34.9 Å². The van der Waals surface area contributed by atoms with E-state index in [9.17, 15) is 4.79 Å². The largest absolute Gasteiger partial charge is 0.300 e. The molecule has 2 fully saturated rings. The number of aromatic nitrogens is 2. The quantitative estimate of drug-likeness (QED) is 0.834. The molecule has 1 aromatic rings. The summed E-state index contributed by atoms with van der Waals surface area (Å²) in [7, 11) is 0. The standard InChI is InChI=1S/C13H18N2OS3/c16-9-4-3-7-11(8-9)18-13-15-14-12(19-13)17-10-5-1-2-6-10/h10-11H,1-8H2/t11-/m0/s1. The second kappa shape index (κ2) is 6.59. The SMILES string of the molecule is O=C1CCC[C@H](Sc2nnc(SC3CCCC3)s2)C1. The molecule has 2 saturated carbocycles. The van der Waals surface area contributed by atoms with E-state index in [0.717, 1.165) is 39.6 Å². The molecule has 0 aliphatic heterocycles. The molecule has 6 heteroatoms. The molecule has 1 atom stereocenters. The Labute approximate surface area is 126 Å². The van der Waals surface area contributed by atoms with Crippen molar-refractivity contribution in [2.45, 2.75) is 70.5 Å². The first-order valence-electron chi connectivity index (χ1n) is 6.98. The fourth-order valence-electron chi connectivity index (χ4n) is 2.67. The lowest BCUT2D eigenvalue weighted by molar-refractivity contribution is -0.120. The second-order valence-electron chi connectivity index (χ2n) is 5.23. The summed E-state index contributed by atoms with van der Waals surface area (Å²) in [6, 6.07) is 0. The molecular weight excluding hydrogens is 296 g/mol. The van der Waals surface area contributed by atoms with Crippen LogP contribution in [0, 0.1) is 0 Å². The Bertz CT molecular complexity index is 443. The number of ketones is 1. The highest BCUT2D eigenvalue weighted by atomic mass is 32.2. The van der Waals surface area contributed by atoms with Crippen LogP contribution in [0.2, 0.25) is 0 Å². The van der Waals surface area contributed by atoms with Gasteiger partial charge in [0.1, 0.15) is 5.78 Å². The topological polar surface area (TPSA) is 42.9 Å². The van der Waals surface area contributed by atoms with Gasteiger partial charge in [-0.05, 0) is 25.7 Å². The lowest BCUT2D eigenvalue weighted by Crippen LogP contribution is -2.16. The van der Waals surface area contributed by atoms with Gasteiger partial charge in [0.05, 0.1) is 0 Å². The summed E-state index contributed by atoms with van der Waals surface area (Å²) >= 11 is 5.36. The summed E-state index contributed by atoms with van der Waals surface area (Å²) in [5, 5.41) is 9.75. The number of nitrogens with zero attached hydrogens (tertiary/aromatic N) is 2. The molecule has 1 heterocycles. The Balaban J connectivity index is 1.53. The minimum absolute atomic E-state index is 0.411. The van der Waals surface area contributed by atoms with Gasteiger partial charge in [-0.3, -0.25) is 4.79 Å². The van der Waals surface area contributed by atoms with Crippen LogP contribution in [0.3, 0.4) is 0 Å². The van der Waals surface area contributed by atoms with Gasteiger partial charge < -0.3 is 0 Å². The predicted molar refractivity (Wildman–Crippen MR) is 81.1 cm³/mol. The van der Waals surface area contributed by atoms with Crippen molar-refractivity contribution in [3.8, 4) is 0 Å². The third kappa shape index (κ3) is 3.95. The highest BCUT2D eigenvalue weighted by Crippen LogP contribution is 2.39. The van der Waals surface area contributed by atoms with E-state index in [1.165, 1.54) is 25.7 Å². The van der Waals surface area contributed by atoms with E-state index < -0.39 is 0 Å². The van der Waals surface area contributed by atoms with Gasteiger partial charge in [-0.25, -0.2) is 0 Å². The Kier molecular flexibility index (Phi) is 4.82. The monoisotopic (exact) mass is 314 g/mol. The maximum Gasteiger partial charge on any atom is 0.175 e. The molecule has 0 unspecified atom stereocenters. The first kappa shape index (κ1) is 13.9. The fourth-order valence-corrected chi connectivity index (χ4v) is 6.68. The second-order valence-corrected chi connectivity index (χ2v) is 9.31. The summed E-state index contributed by atoms with van der Waals surface area (Å²) < 4.78 is 2.15. The highest BCUT2D eigenvalue weighted by molar-refractivity contribution is 8.03. The molecule has 2 aliphatic carbocycles. The van der Waals surface area contributed by atoms with Gasteiger partial charge in [0.25, 0.3) is 0 Å². The zero-order valence-corrected chi connectivity index (χ0v) is 13.3. The molecule has 0 amide bonds. The van der Waals surface area contributed by atoms with Crippen molar-refractivity contribution in [3.63, 3.8) is 0 Å². The molecule has 0 aromatic carbocycles. The molecule has 0 spiro atoms. The summed E-state index contributed by atoms with van der Waals surface area (Å²) in [6.07, 6.45) is 9.05. The van der Waals surface area contributed by atoms with Gasteiger partial charge in [0.15, 0.2) is 8.68 Å². The predicted octanol–water partition coefficient (Wildman–Crippen LogP) is 4.18. The average molecular weight is 315 g/mol. The van der Waals surface area contributed by atoms with Gasteiger partial charge in [-0.2, -0.15) is 0 Å². The molecule has 0 bridgehead atoms. The van der Waals surface area contributed by atoms with Crippen LogP contribution in [0.25, 0.3) is 0 Å². The van der Waals surface area contributed by atoms with E-state index in [-0.39, 0.29) is 0 Å². The Morgan fingerprint density at radius 1 is 0.947 bits per heavy atom. The maximum atomic E-state index is 11.4. The Morgan fingerprint density at radius 2 is 1.58 bits per heavy atom. The molecule has 3 nitrogen and oxygen atoms in total. The summed E-state index contributed by atoms with van der Waals surface area (Å²) in [5.41, 5.74) is 0. The first-order valence-corrected chi connectivity index (χ1v) is 9.56. The molecule has 0 N–H and O–H groups in total.